The fourth-order valence-electron chi connectivity index (χ4n) is 3.93. The summed E-state index contributed by atoms with van der Waals surface area (Å²) in [7, 11) is 0. The number of amides is 1. The maximum absolute atomic E-state index is 12.7. The lowest BCUT2D eigenvalue weighted by atomic mass is 9.88. The standard InChI is InChI=1S/C23H24F3NO3/c1-15-13-17(7-10-20(15)22(29)30)18-3-2-12-27(14-18)21(28)11-6-16-4-8-19(9-5-16)23(24,25)26/h4-5,7-10,13,18H,2-3,6,11-12,14H2,1H3,(H,29,30). The van der Waals surface area contributed by atoms with E-state index in [9.17, 15) is 27.9 Å². The third-order valence-corrected chi connectivity index (χ3v) is 5.64. The number of likely N-dealkylation sites (tertiary alicyclic amines) is 1. The third kappa shape index (κ3) is 5.20. The van der Waals surface area contributed by atoms with Gasteiger partial charge in [-0.1, -0.05) is 24.3 Å². The second kappa shape index (κ2) is 8.90. The Morgan fingerprint density at radius 1 is 1.13 bits per heavy atom. The molecule has 0 aliphatic carbocycles. The van der Waals surface area contributed by atoms with E-state index in [-0.39, 0.29) is 23.8 Å². The quantitative estimate of drug-likeness (QED) is 0.738. The number of hydrogen-bond acceptors (Lipinski definition) is 2. The molecule has 1 amide bonds. The van der Waals surface area contributed by atoms with E-state index in [0.717, 1.165) is 30.5 Å². The molecule has 0 radical (unpaired) electrons. The largest absolute Gasteiger partial charge is 0.478 e. The van der Waals surface area contributed by atoms with Gasteiger partial charge in [-0.2, -0.15) is 13.2 Å². The molecule has 160 valence electrons. The summed E-state index contributed by atoms with van der Waals surface area (Å²) in [5.74, 6) is -0.823. The highest BCUT2D eigenvalue weighted by Gasteiger charge is 2.30. The van der Waals surface area contributed by atoms with E-state index in [2.05, 4.69) is 0 Å². The van der Waals surface area contributed by atoms with Crippen molar-refractivity contribution in [3.63, 3.8) is 0 Å². The zero-order valence-corrected chi connectivity index (χ0v) is 16.7. The summed E-state index contributed by atoms with van der Waals surface area (Å²) >= 11 is 0. The van der Waals surface area contributed by atoms with Gasteiger partial charge in [0, 0.05) is 25.4 Å². The van der Waals surface area contributed by atoms with Crippen molar-refractivity contribution < 1.29 is 27.9 Å². The Morgan fingerprint density at radius 2 is 1.83 bits per heavy atom. The van der Waals surface area contributed by atoms with E-state index in [1.807, 2.05) is 12.1 Å². The van der Waals surface area contributed by atoms with Gasteiger partial charge >= 0.3 is 12.1 Å². The van der Waals surface area contributed by atoms with Crippen molar-refractivity contribution in [2.24, 2.45) is 0 Å². The predicted molar refractivity (Wildman–Crippen MR) is 106 cm³/mol. The number of carboxylic acids is 1. The fourth-order valence-corrected chi connectivity index (χ4v) is 3.93. The summed E-state index contributed by atoms with van der Waals surface area (Å²) in [5, 5.41) is 9.18. The third-order valence-electron chi connectivity index (χ3n) is 5.64. The predicted octanol–water partition coefficient (Wildman–Crippen LogP) is 5.05. The smallest absolute Gasteiger partial charge is 0.416 e. The van der Waals surface area contributed by atoms with E-state index >= 15 is 0 Å². The molecular formula is C23H24F3NO3. The van der Waals surface area contributed by atoms with E-state index in [1.165, 1.54) is 12.1 Å². The first kappa shape index (κ1) is 21.9. The molecule has 1 saturated heterocycles. The van der Waals surface area contributed by atoms with Gasteiger partial charge in [-0.25, -0.2) is 4.79 Å². The second-order valence-electron chi connectivity index (χ2n) is 7.75. The van der Waals surface area contributed by atoms with Crippen LogP contribution >= 0.6 is 0 Å². The number of nitrogens with zero attached hydrogens (tertiary/aromatic N) is 1. The lowest BCUT2D eigenvalue weighted by Gasteiger charge is -2.33. The van der Waals surface area contributed by atoms with E-state index in [1.54, 1.807) is 17.9 Å². The minimum absolute atomic E-state index is 0.0153. The molecule has 1 unspecified atom stereocenters. The van der Waals surface area contributed by atoms with Gasteiger partial charge in [-0.3, -0.25) is 4.79 Å². The average molecular weight is 419 g/mol. The molecule has 1 fully saturated rings. The van der Waals surface area contributed by atoms with Gasteiger partial charge < -0.3 is 10.0 Å². The molecule has 2 aromatic carbocycles. The normalized spacial score (nSPS) is 17.1. The van der Waals surface area contributed by atoms with E-state index in [0.29, 0.717) is 30.6 Å². The van der Waals surface area contributed by atoms with E-state index in [4.69, 9.17) is 0 Å². The molecule has 0 aromatic heterocycles. The van der Waals surface area contributed by atoms with Crippen LogP contribution in [0.15, 0.2) is 42.5 Å². The Morgan fingerprint density at radius 3 is 2.43 bits per heavy atom. The highest BCUT2D eigenvalue weighted by Crippen LogP contribution is 2.30. The molecule has 1 aliphatic rings. The first-order chi connectivity index (χ1) is 14.1. The summed E-state index contributed by atoms with van der Waals surface area (Å²) in [6.45, 7) is 3.00. The van der Waals surface area contributed by atoms with Crippen LogP contribution in [0.1, 0.15) is 57.8 Å². The van der Waals surface area contributed by atoms with Crippen LogP contribution in [0.5, 0.6) is 0 Å². The number of carbonyl (C=O) groups excluding carboxylic acids is 1. The molecule has 7 heteroatoms. The summed E-state index contributed by atoms with van der Waals surface area (Å²) < 4.78 is 37.9. The number of halogens is 3. The van der Waals surface area contributed by atoms with Crippen molar-refractivity contribution in [2.45, 2.75) is 44.7 Å². The van der Waals surface area contributed by atoms with Gasteiger partial charge in [0.25, 0.3) is 0 Å². The maximum atomic E-state index is 12.7. The molecule has 3 rings (SSSR count). The highest BCUT2D eigenvalue weighted by molar-refractivity contribution is 5.89. The Bertz CT molecular complexity index is 922. The maximum Gasteiger partial charge on any atom is 0.416 e. The minimum Gasteiger partial charge on any atom is -0.478 e. The number of rotatable bonds is 5. The summed E-state index contributed by atoms with van der Waals surface area (Å²) in [6, 6.07) is 10.2. The van der Waals surface area contributed by atoms with Crippen LogP contribution in [0.25, 0.3) is 0 Å². The van der Waals surface area contributed by atoms with Crippen molar-refractivity contribution in [1.82, 2.24) is 4.90 Å². The molecule has 30 heavy (non-hydrogen) atoms. The van der Waals surface area contributed by atoms with Crippen LogP contribution in [0, 0.1) is 6.92 Å². The van der Waals surface area contributed by atoms with Crippen LogP contribution < -0.4 is 0 Å². The van der Waals surface area contributed by atoms with Crippen molar-refractivity contribution in [2.75, 3.05) is 13.1 Å². The lowest BCUT2D eigenvalue weighted by Crippen LogP contribution is -2.39. The first-order valence-corrected chi connectivity index (χ1v) is 9.93. The van der Waals surface area contributed by atoms with Crippen LogP contribution in [-0.4, -0.2) is 35.0 Å². The van der Waals surface area contributed by atoms with Gasteiger partial charge in [0.2, 0.25) is 5.91 Å². The number of alkyl halides is 3. The average Bonchev–Trinajstić information content (AvgIpc) is 2.71. The number of aryl methyl sites for hydroxylation is 2. The van der Waals surface area contributed by atoms with Gasteiger partial charge in [0.1, 0.15) is 0 Å². The number of benzene rings is 2. The molecule has 0 saturated carbocycles. The van der Waals surface area contributed by atoms with Crippen molar-refractivity contribution in [1.29, 1.82) is 0 Å². The van der Waals surface area contributed by atoms with Crippen molar-refractivity contribution in [3.05, 3.63) is 70.3 Å². The van der Waals surface area contributed by atoms with Crippen LogP contribution in [0.2, 0.25) is 0 Å². The zero-order chi connectivity index (χ0) is 21.9. The van der Waals surface area contributed by atoms with Crippen LogP contribution in [0.4, 0.5) is 13.2 Å². The molecule has 2 aromatic rings. The number of carboxylic acid groups (broad SMARTS) is 1. The van der Waals surface area contributed by atoms with Gasteiger partial charge in [0.05, 0.1) is 11.1 Å². The summed E-state index contributed by atoms with van der Waals surface area (Å²) in [6.07, 6.45) is -1.94. The van der Waals surface area contributed by atoms with Crippen LogP contribution in [0.3, 0.4) is 0 Å². The zero-order valence-electron chi connectivity index (χ0n) is 16.7. The number of hydrogen-bond donors (Lipinski definition) is 1. The Labute approximate surface area is 173 Å². The van der Waals surface area contributed by atoms with Gasteiger partial charge in [-0.15, -0.1) is 0 Å². The van der Waals surface area contributed by atoms with E-state index < -0.39 is 17.7 Å². The summed E-state index contributed by atoms with van der Waals surface area (Å²) in [5.41, 5.74) is 2.01. The second-order valence-corrected chi connectivity index (χ2v) is 7.75. The minimum atomic E-state index is -4.36. The monoisotopic (exact) mass is 419 g/mol. The topological polar surface area (TPSA) is 57.6 Å². The lowest BCUT2D eigenvalue weighted by molar-refractivity contribution is -0.137. The van der Waals surface area contributed by atoms with Crippen molar-refractivity contribution >= 4 is 11.9 Å². The molecule has 0 bridgehead atoms. The van der Waals surface area contributed by atoms with Gasteiger partial charge in [0.15, 0.2) is 0 Å². The molecule has 1 N–H and O–H groups in total. The van der Waals surface area contributed by atoms with Crippen LogP contribution in [-0.2, 0) is 17.4 Å². The molecule has 1 heterocycles. The fraction of sp³-hybridized carbons (Fsp3) is 0.391. The SMILES string of the molecule is Cc1cc(C2CCCN(C(=O)CCc3ccc(C(F)(F)F)cc3)C2)ccc1C(=O)O. The molecule has 0 spiro atoms. The molecule has 1 aliphatic heterocycles. The number of piperidine rings is 1. The Hall–Kier alpha value is -2.83. The van der Waals surface area contributed by atoms with Crippen molar-refractivity contribution in [3.8, 4) is 0 Å². The molecule has 1 atom stereocenters. The van der Waals surface area contributed by atoms with Gasteiger partial charge in [-0.05, 0) is 61.1 Å². The first-order valence-electron chi connectivity index (χ1n) is 9.93. The summed E-state index contributed by atoms with van der Waals surface area (Å²) in [4.78, 5) is 25.7. The number of carbonyl (C=O) groups is 2. The highest BCUT2D eigenvalue weighted by atomic mass is 19.4. The molecular weight excluding hydrogens is 395 g/mol. The number of aromatic carboxylic acids is 1. The molecule has 4 nitrogen and oxygen atoms in total. The Balaban J connectivity index is 1.59. The Kier molecular flexibility index (Phi) is 6.48.